The zero-order valence-corrected chi connectivity index (χ0v) is 16.3. The fraction of sp³-hybridized carbons (Fsp3) is 0.0909. The first kappa shape index (κ1) is 18.9. The van der Waals surface area contributed by atoms with Crippen molar-refractivity contribution in [3.05, 3.63) is 95.9 Å². The monoisotopic (exact) mass is 405 g/mol. The van der Waals surface area contributed by atoms with E-state index >= 15 is 0 Å². The highest BCUT2D eigenvalue weighted by Gasteiger charge is 2.18. The van der Waals surface area contributed by atoms with Crippen LogP contribution in [0.15, 0.2) is 89.0 Å². The molecule has 0 bridgehead atoms. The summed E-state index contributed by atoms with van der Waals surface area (Å²) >= 11 is 0. The second kappa shape index (κ2) is 7.89. The van der Waals surface area contributed by atoms with E-state index in [-0.39, 0.29) is 15.8 Å². The molecule has 0 aliphatic carbocycles. The van der Waals surface area contributed by atoms with Crippen LogP contribution in [0.3, 0.4) is 0 Å². The summed E-state index contributed by atoms with van der Waals surface area (Å²) in [7, 11) is -3.54. The number of nitrogens with one attached hydrogen (secondary N) is 1. The lowest BCUT2D eigenvalue weighted by atomic mass is 10.1. The number of hydrogen-bond donors (Lipinski definition) is 1. The molecule has 0 atom stereocenters. The Hall–Kier alpha value is -3.45. The van der Waals surface area contributed by atoms with E-state index in [0.29, 0.717) is 13.1 Å². The number of pyridine rings is 1. The second-order valence-corrected chi connectivity index (χ2v) is 8.59. The summed E-state index contributed by atoms with van der Waals surface area (Å²) in [5.41, 5.74) is 2.85. The Balaban J connectivity index is 1.39. The van der Waals surface area contributed by atoms with Crippen LogP contribution in [0.2, 0.25) is 0 Å². The number of rotatable bonds is 4. The maximum Gasteiger partial charge on any atom is 0.321 e. The maximum atomic E-state index is 12.6. The molecule has 0 unspecified atom stereocenters. The normalized spacial score (nSPS) is 13.0. The van der Waals surface area contributed by atoms with Crippen LogP contribution in [0, 0.1) is 0 Å². The lowest BCUT2D eigenvalue weighted by molar-refractivity contribution is 0.213. The molecule has 0 spiro atoms. The van der Waals surface area contributed by atoms with E-state index in [1.807, 2.05) is 12.1 Å². The van der Waals surface area contributed by atoms with Crippen LogP contribution < -0.4 is 5.32 Å². The van der Waals surface area contributed by atoms with E-state index in [1.54, 1.807) is 78.1 Å². The third-order valence-corrected chi connectivity index (χ3v) is 6.49. The molecule has 2 aromatic carbocycles. The molecule has 1 aliphatic rings. The average Bonchev–Trinajstić information content (AvgIpc) is 2.78. The lowest BCUT2D eigenvalue weighted by Gasteiger charge is -2.23. The largest absolute Gasteiger partial charge is 0.334 e. The number of fused-ring (bicyclic) bond motifs is 1. The van der Waals surface area contributed by atoms with Crippen molar-refractivity contribution in [3.8, 4) is 0 Å². The number of urea groups is 1. The topological polar surface area (TPSA) is 79.4 Å². The van der Waals surface area contributed by atoms with E-state index in [9.17, 15) is 13.2 Å². The minimum absolute atomic E-state index is 0.224. The van der Waals surface area contributed by atoms with Crippen LogP contribution in [0.4, 0.5) is 4.79 Å². The van der Waals surface area contributed by atoms with Gasteiger partial charge in [-0.25, -0.2) is 13.2 Å². The van der Waals surface area contributed by atoms with Crippen molar-refractivity contribution in [2.45, 2.75) is 22.9 Å². The molecule has 29 heavy (non-hydrogen) atoms. The van der Waals surface area contributed by atoms with Crippen molar-refractivity contribution in [2.24, 2.45) is 0 Å². The highest BCUT2D eigenvalue weighted by molar-refractivity contribution is 7.91. The predicted molar refractivity (Wildman–Crippen MR) is 109 cm³/mol. The van der Waals surface area contributed by atoms with Gasteiger partial charge in [0.15, 0.2) is 0 Å². The predicted octanol–water partition coefficient (Wildman–Crippen LogP) is 3.61. The Morgan fingerprint density at radius 2 is 1.72 bits per heavy atom. The fourth-order valence-electron chi connectivity index (χ4n) is 3.08. The van der Waals surface area contributed by atoms with Crippen molar-refractivity contribution in [3.63, 3.8) is 0 Å². The Kier molecular flexibility index (Phi) is 5.14. The number of carbonyl (C=O) groups excluding carboxylic acids is 1. The van der Waals surface area contributed by atoms with Crippen LogP contribution >= 0.6 is 0 Å². The van der Waals surface area contributed by atoms with E-state index in [1.165, 1.54) is 0 Å². The van der Waals surface area contributed by atoms with Gasteiger partial charge in [-0.1, -0.05) is 30.3 Å². The van der Waals surface area contributed by atoms with Gasteiger partial charge in [-0.3, -0.25) is 9.88 Å². The molecule has 1 aliphatic heterocycles. The third kappa shape index (κ3) is 4.05. The van der Waals surface area contributed by atoms with Gasteiger partial charge in [-0.2, -0.15) is 0 Å². The summed E-state index contributed by atoms with van der Waals surface area (Å²) in [6.07, 6.45) is 7.10. The molecule has 6 nitrogen and oxygen atoms in total. The number of hydrogen-bond acceptors (Lipinski definition) is 4. The molecule has 0 fully saturated rings. The number of amides is 2. The molecule has 1 aromatic heterocycles. The van der Waals surface area contributed by atoms with E-state index in [4.69, 9.17) is 0 Å². The van der Waals surface area contributed by atoms with Gasteiger partial charge in [0.05, 0.1) is 16.3 Å². The molecule has 1 N–H and O–H groups in total. The first-order valence-electron chi connectivity index (χ1n) is 9.09. The number of benzene rings is 2. The first-order valence-corrected chi connectivity index (χ1v) is 10.6. The van der Waals surface area contributed by atoms with Crippen LogP contribution in [-0.2, 0) is 22.9 Å². The standard InChI is InChI=1S/C22H19N3O3S/c26-22(25-13-11-18-10-12-23-15-19(18)16-25)24-14-17-6-8-21(9-7-17)29(27,28)20-4-2-1-3-5-20/h1-13,15H,14,16H2,(H,24,26). The van der Waals surface area contributed by atoms with Crippen LogP contribution in [0.1, 0.15) is 16.7 Å². The molecule has 3 aromatic rings. The van der Waals surface area contributed by atoms with Gasteiger partial charge in [0.25, 0.3) is 0 Å². The molecule has 4 rings (SSSR count). The number of sulfone groups is 1. The number of aromatic nitrogens is 1. The smallest absolute Gasteiger partial charge is 0.321 e. The first-order chi connectivity index (χ1) is 14.0. The van der Waals surface area contributed by atoms with Gasteiger partial charge in [0.2, 0.25) is 9.84 Å². The lowest BCUT2D eigenvalue weighted by Crippen LogP contribution is -2.36. The summed E-state index contributed by atoms with van der Waals surface area (Å²) in [5, 5.41) is 2.86. The van der Waals surface area contributed by atoms with Gasteiger partial charge in [0.1, 0.15) is 0 Å². The van der Waals surface area contributed by atoms with Gasteiger partial charge in [-0.05, 0) is 53.1 Å². The molecule has 2 amide bonds. The Morgan fingerprint density at radius 3 is 2.48 bits per heavy atom. The zero-order valence-electron chi connectivity index (χ0n) is 15.5. The van der Waals surface area contributed by atoms with Crippen molar-refractivity contribution in [1.29, 1.82) is 0 Å². The summed E-state index contributed by atoms with van der Waals surface area (Å²) in [6.45, 7) is 0.758. The highest BCUT2D eigenvalue weighted by atomic mass is 32.2. The van der Waals surface area contributed by atoms with Crippen LogP contribution in [-0.4, -0.2) is 24.3 Å². The Bertz CT molecular complexity index is 1160. The van der Waals surface area contributed by atoms with E-state index in [2.05, 4.69) is 10.3 Å². The maximum absolute atomic E-state index is 12.6. The van der Waals surface area contributed by atoms with E-state index in [0.717, 1.165) is 16.7 Å². The van der Waals surface area contributed by atoms with Crippen molar-refractivity contribution < 1.29 is 13.2 Å². The average molecular weight is 405 g/mol. The van der Waals surface area contributed by atoms with Crippen molar-refractivity contribution in [1.82, 2.24) is 15.2 Å². The zero-order chi connectivity index (χ0) is 20.3. The number of nitrogens with zero attached hydrogens (tertiary/aromatic N) is 2. The summed E-state index contributed by atoms with van der Waals surface area (Å²) in [5.74, 6) is 0. The molecule has 2 heterocycles. The van der Waals surface area contributed by atoms with Gasteiger partial charge in [0, 0.05) is 25.1 Å². The van der Waals surface area contributed by atoms with Crippen molar-refractivity contribution >= 4 is 21.9 Å². The second-order valence-electron chi connectivity index (χ2n) is 6.64. The van der Waals surface area contributed by atoms with Crippen LogP contribution in [0.5, 0.6) is 0 Å². The van der Waals surface area contributed by atoms with Crippen molar-refractivity contribution in [2.75, 3.05) is 0 Å². The summed E-state index contributed by atoms with van der Waals surface area (Å²) in [4.78, 5) is 18.6. The van der Waals surface area contributed by atoms with Crippen LogP contribution in [0.25, 0.3) is 6.08 Å². The molecule has 146 valence electrons. The summed E-state index contributed by atoms with van der Waals surface area (Å²) < 4.78 is 25.3. The SMILES string of the molecule is O=C(NCc1ccc(S(=O)(=O)c2ccccc2)cc1)N1C=Cc2ccncc2C1. The third-order valence-electron chi connectivity index (χ3n) is 4.71. The molecule has 0 saturated carbocycles. The minimum Gasteiger partial charge on any atom is -0.334 e. The Labute approximate surface area is 169 Å². The van der Waals surface area contributed by atoms with E-state index < -0.39 is 9.84 Å². The summed E-state index contributed by atoms with van der Waals surface area (Å²) in [6, 6.07) is 16.5. The molecule has 7 heteroatoms. The molecular weight excluding hydrogens is 386 g/mol. The Morgan fingerprint density at radius 1 is 1.00 bits per heavy atom. The number of carbonyl (C=O) groups is 1. The molecule has 0 radical (unpaired) electrons. The highest BCUT2D eigenvalue weighted by Crippen LogP contribution is 2.21. The minimum atomic E-state index is -3.54. The van der Waals surface area contributed by atoms with Gasteiger partial charge in [-0.15, -0.1) is 0 Å². The van der Waals surface area contributed by atoms with Gasteiger partial charge >= 0.3 is 6.03 Å². The fourth-order valence-corrected chi connectivity index (χ4v) is 4.36. The molecular formula is C22H19N3O3S. The molecule has 0 saturated heterocycles. The quantitative estimate of drug-likeness (QED) is 0.719. The van der Waals surface area contributed by atoms with Gasteiger partial charge < -0.3 is 5.32 Å².